The molecule has 1 amide bonds. The van der Waals surface area contributed by atoms with Crippen molar-refractivity contribution in [2.45, 2.75) is 31.7 Å². The van der Waals surface area contributed by atoms with Crippen LogP contribution in [-0.4, -0.2) is 16.9 Å². The maximum atomic E-state index is 11.8. The predicted molar refractivity (Wildman–Crippen MR) is 73.3 cm³/mol. The van der Waals surface area contributed by atoms with Crippen LogP contribution in [0.15, 0.2) is 21.5 Å². The molecule has 0 radical (unpaired) electrons. The van der Waals surface area contributed by atoms with Crippen molar-refractivity contribution in [1.82, 2.24) is 4.98 Å². The number of hydrogen-bond acceptors (Lipinski definition) is 3. The van der Waals surface area contributed by atoms with E-state index in [-0.39, 0.29) is 29.1 Å². The van der Waals surface area contributed by atoms with Crippen LogP contribution in [0.3, 0.4) is 0 Å². The van der Waals surface area contributed by atoms with E-state index in [1.54, 1.807) is 6.07 Å². The van der Waals surface area contributed by atoms with Crippen molar-refractivity contribution in [1.29, 1.82) is 0 Å². The lowest BCUT2D eigenvalue weighted by Gasteiger charge is -2.14. The minimum atomic E-state index is -0.303. The first kappa shape index (κ1) is 13.3. The van der Waals surface area contributed by atoms with E-state index in [9.17, 15) is 9.59 Å². The normalized spacial score (nSPS) is 23.0. The van der Waals surface area contributed by atoms with Gasteiger partial charge in [-0.05, 0) is 40.8 Å². The summed E-state index contributed by atoms with van der Waals surface area (Å²) in [6, 6.07) is 1.70. The van der Waals surface area contributed by atoms with E-state index >= 15 is 0 Å². The Morgan fingerprint density at radius 3 is 3.00 bits per heavy atom. The van der Waals surface area contributed by atoms with Crippen molar-refractivity contribution in [3.05, 3.63) is 27.1 Å². The topological polar surface area (TPSA) is 88.0 Å². The Labute approximate surface area is 113 Å². The van der Waals surface area contributed by atoms with E-state index in [0.29, 0.717) is 6.42 Å². The molecule has 1 aromatic heterocycles. The summed E-state index contributed by atoms with van der Waals surface area (Å²) in [5, 5.41) is 2.63. The van der Waals surface area contributed by atoms with Crippen molar-refractivity contribution >= 4 is 27.5 Å². The first-order chi connectivity index (χ1) is 8.56. The molecule has 1 saturated carbocycles. The minimum Gasteiger partial charge on any atom is -0.327 e. The molecule has 0 unspecified atom stereocenters. The van der Waals surface area contributed by atoms with Gasteiger partial charge in [-0.15, -0.1) is 0 Å². The Morgan fingerprint density at radius 2 is 2.33 bits per heavy atom. The van der Waals surface area contributed by atoms with Crippen LogP contribution in [0.25, 0.3) is 0 Å². The van der Waals surface area contributed by atoms with Gasteiger partial charge in [-0.1, -0.05) is 6.42 Å². The number of aromatic amines is 1. The van der Waals surface area contributed by atoms with Gasteiger partial charge in [-0.25, -0.2) is 0 Å². The zero-order chi connectivity index (χ0) is 13.1. The molecule has 1 heterocycles. The smallest absolute Gasteiger partial charge is 0.271 e. The van der Waals surface area contributed by atoms with Gasteiger partial charge in [0, 0.05) is 23.1 Å². The number of amides is 1. The molecule has 1 aliphatic rings. The third-order valence-corrected chi connectivity index (χ3v) is 3.77. The van der Waals surface area contributed by atoms with Crippen LogP contribution >= 0.6 is 15.9 Å². The molecule has 5 nitrogen and oxygen atoms in total. The second-order valence-electron chi connectivity index (χ2n) is 4.67. The van der Waals surface area contributed by atoms with Gasteiger partial charge in [0.1, 0.15) is 5.69 Å². The zero-order valence-corrected chi connectivity index (χ0v) is 11.5. The second kappa shape index (κ2) is 5.67. The number of rotatable bonds is 3. The number of nitrogens with one attached hydrogen (secondary N) is 2. The molecule has 0 aromatic carbocycles. The summed E-state index contributed by atoms with van der Waals surface area (Å²) in [5.74, 6) is 0.0807. The Hall–Kier alpha value is -1.14. The number of pyridine rings is 1. The Morgan fingerprint density at radius 1 is 1.56 bits per heavy atom. The molecule has 2 rings (SSSR count). The van der Waals surface area contributed by atoms with Gasteiger partial charge in [0.15, 0.2) is 0 Å². The fourth-order valence-corrected chi connectivity index (χ4v) is 2.65. The number of H-pyrrole nitrogens is 1. The van der Waals surface area contributed by atoms with Gasteiger partial charge < -0.3 is 16.0 Å². The average Bonchev–Trinajstić information content (AvgIpc) is 2.70. The van der Waals surface area contributed by atoms with Crippen molar-refractivity contribution in [2.75, 3.05) is 5.32 Å². The van der Waals surface area contributed by atoms with E-state index in [0.717, 1.165) is 23.7 Å². The first-order valence-corrected chi connectivity index (χ1v) is 6.79. The molecule has 1 fully saturated rings. The Bertz CT molecular complexity index is 500. The summed E-state index contributed by atoms with van der Waals surface area (Å²) in [7, 11) is 0. The first-order valence-electron chi connectivity index (χ1n) is 6.00. The van der Waals surface area contributed by atoms with Crippen molar-refractivity contribution in [2.24, 2.45) is 11.7 Å². The summed E-state index contributed by atoms with van der Waals surface area (Å²) in [5.41, 5.74) is 5.88. The second-order valence-corrected chi connectivity index (χ2v) is 5.58. The third kappa shape index (κ3) is 3.20. The molecule has 2 atom stereocenters. The van der Waals surface area contributed by atoms with Crippen LogP contribution in [0.2, 0.25) is 0 Å². The standard InChI is InChI=1S/C12H16BrN3O2/c13-8-5-10(12(18)15-6-8)16-11(17)4-7-2-1-3-9(7)14/h5-7,9H,1-4,14H2,(H,15,18)(H,16,17)/t7-,9+/m0/s1. The molecule has 1 aliphatic carbocycles. The van der Waals surface area contributed by atoms with Crippen LogP contribution in [0.1, 0.15) is 25.7 Å². The highest BCUT2D eigenvalue weighted by Crippen LogP contribution is 2.27. The molecule has 1 aromatic rings. The highest BCUT2D eigenvalue weighted by Gasteiger charge is 2.26. The fraction of sp³-hybridized carbons (Fsp3) is 0.500. The highest BCUT2D eigenvalue weighted by atomic mass is 79.9. The maximum Gasteiger partial charge on any atom is 0.271 e. The van der Waals surface area contributed by atoms with Crippen LogP contribution in [0.4, 0.5) is 5.69 Å². The van der Waals surface area contributed by atoms with Gasteiger partial charge in [-0.3, -0.25) is 9.59 Å². The van der Waals surface area contributed by atoms with E-state index in [1.807, 2.05) is 0 Å². The van der Waals surface area contributed by atoms with Crippen LogP contribution in [0, 0.1) is 5.92 Å². The summed E-state index contributed by atoms with van der Waals surface area (Å²) in [6.45, 7) is 0. The van der Waals surface area contributed by atoms with Crippen molar-refractivity contribution in [3.63, 3.8) is 0 Å². The molecular formula is C12H16BrN3O2. The number of anilines is 1. The molecule has 6 heteroatoms. The highest BCUT2D eigenvalue weighted by molar-refractivity contribution is 9.10. The van der Waals surface area contributed by atoms with E-state index < -0.39 is 0 Å². The van der Waals surface area contributed by atoms with Crippen molar-refractivity contribution < 1.29 is 4.79 Å². The van der Waals surface area contributed by atoms with E-state index in [4.69, 9.17) is 5.73 Å². The molecule has 98 valence electrons. The number of aromatic nitrogens is 1. The van der Waals surface area contributed by atoms with E-state index in [2.05, 4.69) is 26.2 Å². The zero-order valence-electron chi connectivity index (χ0n) is 9.91. The monoisotopic (exact) mass is 313 g/mol. The number of hydrogen-bond donors (Lipinski definition) is 3. The number of halogens is 1. The lowest BCUT2D eigenvalue weighted by atomic mass is 10.00. The lowest BCUT2D eigenvalue weighted by molar-refractivity contribution is -0.117. The molecule has 0 saturated heterocycles. The number of carbonyl (C=O) groups is 1. The number of nitrogens with two attached hydrogens (primary N) is 1. The largest absolute Gasteiger partial charge is 0.327 e. The fourth-order valence-electron chi connectivity index (χ4n) is 2.31. The van der Waals surface area contributed by atoms with Gasteiger partial charge >= 0.3 is 0 Å². The van der Waals surface area contributed by atoms with Crippen LogP contribution < -0.4 is 16.6 Å². The molecule has 0 bridgehead atoms. The molecule has 18 heavy (non-hydrogen) atoms. The number of carbonyl (C=O) groups excluding carboxylic acids is 1. The molecular weight excluding hydrogens is 298 g/mol. The summed E-state index contributed by atoms with van der Waals surface area (Å²) >= 11 is 3.24. The molecule has 0 spiro atoms. The summed E-state index contributed by atoms with van der Waals surface area (Å²) in [4.78, 5) is 25.9. The molecule has 0 aliphatic heterocycles. The maximum absolute atomic E-state index is 11.8. The minimum absolute atomic E-state index is 0.108. The van der Waals surface area contributed by atoms with Gasteiger partial charge in [0.05, 0.1) is 0 Å². The average molecular weight is 314 g/mol. The van der Waals surface area contributed by atoms with Crippen LogP contribution in [-0.2, 0) is 4.79 Å². The predicted octanol–water partition coefficient (Wildman–Crippen LogP) is 1.59. The van der Waals surface area contributed by atoms with Crippen molar-refractivity contribution in [3.8, 4) is 0 Å². The molecule has 4 N–H and O–H groups in total. The summed E-state index contributed by atoms with van der Waals surface area (Å²) in [6.07, 6.45) is 4.97. The Balaban J connectivity index is 1.98. The Kier molecular flexibility index (Phi) is 4.19. The SMILES string of the molecule is N[C@@H]1CCC[C@H]1CC(=O)Nc1cc(Br)c[nH]c1=O. The van der Waals surface area contributed by atoms with E-state index in [1.165, 1.54) is 6.20 Å². The van der Waals surface area contributed by atoms with Gasteiger partial charge in [-0.2, -0.15) is 0 Å². The lowest BCUT2D eigenvalue weighted by Crippen LogP contribution is -2.29. The third-order valence-electron chi connectivity index (χ3n) is 3.31. The van der Waals surface area contributed by atoms with Gasteiger partial charge in [0.25, 0.3) is 5.56 Å². The summed E-state index contributed by atoms with van der Waals surface area (Å²) < 4.78 is 0.718. The van der Waals surface area contributed by atoms with Crippen LogP contribution in [0.5, 0.6) is 0 Å². The van der Waals surface area contributed by atoms with Gasteiger partial charge in [0.2, 0.25) is 5.91 Å². The quantitative estimate of drug-likeness (QED) is 0.792.